The molecule has 5 nitrogen and oxygen atoms in total. The molecule has 0 bridgehead atoms. The minimum absolute atomic E-state index is 0.0938. The van der Waals surface area contributed by atoms with Crippen LogP contribution >= 0.6 is 27.3 Å². The van der Waals surface area contributed by atoms with Gasteiger partial charge in [0.15, 0.2) is 0 Å². The monoisotopic (exact) mass is 460 g/mol. The third-order valence-corrected chi connectivity index (χ3v) is 8.91. The van der Waals surface area contributed by atoms with Crippen molar-refractivity contribution in [2.24, 2.45) is 5.92 Å². The number of hydrogen-bond donors (Lipinski definition) is 1. The van der Waals surface area contributed by atoms with Crippen LogP contribution in [0.15, 0.2) is 44.4 Å². The smallest absolute Gasteiger partial charge is 0.253 e. The third kappa shape index (κ3) is 4.33. The van der Waals surface area contributed by atoms with E-state index < -0.39 is 10.0 Å². The molecule has 1 aliphatic heterocycles. The number of nitrogens with one attached hydrogen (secondary N) is 1. The standard InChI is InChI=1S/C17H18BrFN2O3S2/c18-15-7-10-25-17(15)26(23,24)21-8-5-13(6-9-21)16(22)20-11-12-1-3-14(19)4-2-12/h1-4,7,10,13H,5-6,8-9,11H2,(H,20,22). The Morgan fingerprint density at radius 3 is 2.46 bits per heavy atom. The highest BCUT2D eigenvalue weighted by atomic mass is 79.9. The summed E-state index contributed by atoms with van der Waals surface area (Å²) in [6, 6.07) is 7.68. The van der Waals surface area contributed by atoms with Crippen molar-refractivity contribution in [2.45, 2.75) is 23.6 Å². The van der Waals surface area contributed by atoms with Gasteiger partial charge in [-0.15, -0.1) is 11.3 Å². The van der Waals surface area contributed by atoms with Crippen LogP contribution in [0.2, 0.25) is 0 Å². The van der Waals surface area contributed by atoms with Gasteiger partial charge in [0.1, 0.15) is 10.0 Å². The average Bonchev–Trinajstić information content (AvgIpc) is 3.08. The predicted molar refractivity (Wildman–Crippen MR) is 102 cm³/mol. The van der Waals surface area contributed by atoms with Crippen LogP contribution < -0.4 is 5.32 Å². The van der Waals surface area contributed by atoms with Crippen LogP contribution in [0, 0.1) is 11.7 Å². The van der Waals surface area contributed by atoms with E-state index in [0.717, 1.165) is 5.56 Å². The Bertz CT molecular complexity index is 876. The van der Waals surface area contributed by atoms with Gasteiger partial charge in [-0.05, 0) is 57.9 Å². The van der Waals surface area contributed by atoms with Crippen molar-refractivity contribution in [3.63, 3.8) is 0 Å². The fourth-order valence-electron chi connectivity index (χ4n) is 2.88. The van der Waals surface area contributed by atoms with Crippen LogP contribution in [0.1, 0.15) is 18.4 Å². The van der Waals surface area contributed by atoms with Crippen molar-refractivity contribution < 1.29 is 17.6 Å². The molecule has 1 saturated heterocycles. The van der Waals surface area contributed by atoms with E-state index in [9.17, 15) is 17.6 Å². The van der Waals surface area contributed by atoms with Crippen LogP contribution in [-0.2, 0) is 21.4 Å². The number of piperidine rings is 1. The molecule has 2 aromatic rings. The second-order valence-electron chi connectivity index (χ2n) is 6.08. The summed E-state index contributed by atoms with van der Waals surface area (Å²) in [6.07, 6.45) is 0.967. The summed E-state index contributed by atoms with van der Waals surface area (Å²) in [7, 11) is -3.52. The van der Waals surface area contributed by atoms with E-state index in [4.69, 9.17) is 0 Å². The molecule has 0 saturated carbocycles. The first kappa shape index (κ1) is 19.5. The molecular weight excluding hydrogens is 443 g/mol. The lowest BCUT2D eigenvalue weighted by Crippen LogP contribution is -2.42. The Morgan fingerprint density at radius 2 is 1.88 bits per heavy atom. The predicted octanol–water partition coefficient (Wildman–Crippen LogP) is 3.37. The Balaban J connectivity index is 1.54. The number of halogens is 2. The summed E-state index contributed by atoms with van der Waals surface area (Å²) in [5, 5.41) is 4.57. The molecule has 1 aromatic heterocycles. The van der Waals surface area contributed by atoms with Crippen molar-refractivity contribution in [1.29, 1.82) is 0 Å². The van der Waals surface area contributed by atoms with Crippen molar-refractivity contribution in [3.8, 4) is 0 Å². The molecule has 3 rings (SSSR count). The Kier molecular flexibility index (Phi) is 6.11. The quantitative estimate of drug-likeness (QED) is 0.743. The number of carbonyl (C=O) groups excluding carboxylic acids is 1. The number of nitrogens with zero attached hydrogens (tertiary/aromatic N) is 1. The number of sulfonamides is 1. The van der Waals surface area contributed by atoms with Crippen molar-refractivity contribution in [2.75, 3.05) is 13.1 Å². The van der Waals surface area contributed by atoms with Crippen LogP contribution in [0.3, 0.4) is 0 Å². The van der Waals surface area contributed by atoms with Gasteiger partial charge in [0, 0.05) is 30.0 Å². The second kappa shape index (κ2) is 8.16. The van der Waals surface area contributed by atoms with E-state index in [1.54, 1.807) is 23.6 Å². The largest absolute Gasteiger partial charge is 0.352 e. The molecule has 9 heteroatoms. The van der Waals surface area contributed by atoms with E-state index >= 15 is 0 Å². The molecule has 140 valence electrons. The molecule has 1 amide bonds. The van der Waals surface area contributed by atoms with Gasteiger partial charge in [0.25, 0.3) is 10.0 Å². The molecule has 1 fully saturated rings. The lowest BCUT2D eigenvalue weighted by molar-refractivity contribution is -0.126. The minimum atomic E-state index is -3.52. The molecule has 0 unspecified atom stereocenters. The average molecular weight is 461 g/mol. The first-order chi connectivity index (χ1) is 12.4. The van der Waals surface area contributed by atoms with Crippen LogP contribution in [0.25, 0.3) is 0 Å². The van der Waals surface area contributed by atoms with Gasteiger partial charge in [0.05, 0.1) is 0 Å². The normalized spacial score (nSPS) is 16.5. The molecule has 1 aliphatic rings. The summed E-state index contributed by atoms with van der Waals surface area (Å²) in [5.41, 5.74) is 0.822. The summed E-state index contributed by atoms with van der Waals surface area (Å²) in [4.78, 5) is 12.3. The number of thiophene rings is 1. The Labute approximate surface area is 164 Å². The summed E-state index contributed by atoms with van der Waals surface area (Å²) in [6.45, 7) is 0.975. The third-order valence-electron chi connectivity index (χ3n) is 4.36. The lowest BCUT2D eigenvalue weighted by Gasteiger charge is -2.30. The maximum absolute atomic E-state index is 12.9. The summed E-state index contributed by atoms with van der Waals surface area (Å²) >= 11 is 4.45. The van der Waals surface area contributed by atoms with Crippen LogP contribution in [0.4, 0.5) is 4.39 Å². The SMILES string of the molecule is O=C(NCc1ccc(F)cc1)C1CCN(S(=O)(=O)c2sccc2Br)CC1. The zero-order valence-electron chi connectivity index (χ0n) is 13.8. The van der Waals surface area contributed by atoms with E-state index in [1.165, 1.54) is 27.8 Å². The molecule has 2 heterocycles. The minimum Gasteiger partial charge on any atom is -0.352 e. The fourth-order valence-corrected chi connectivity index (χ4v) is 6.79. The van der Waals surface area contributed by atoms with Crippen LogP contribution in [-0.4, -0.2) is 31.7 Å². The molecule has 26 heavy (non-hydrogen) atoms. The Morgan fingerprint density at radius 1 is 1.23 bits per heavy atom. The molecule has 0 aliphatic carbocycles. The maximum atomic E-state index is 12.9. The van der Waals surface area contributed by atoms with E-state index in [0.29, 0.717) is 41.2 Å². The molecule has 1 aromatic carbocycles. The number of benzene rings is 1. The first-order valence-corrected chi connectivity index (χ1v) is 11.2. The number of amides is 1. The highest BCUT2D eigenvalue weighted by molar-refractivity contribution is 9.10. The Hall–Kier alpha value is -1.29. The molecular formula is C17H18BrFN2O3S2. The number of rotatable bonds is 5. The zero-order valence-corrected chi connectivity index (χ0v) is 17.0. The maximum Gasteiger partial charge on any atom is 0.253 e. The van der Waals surface area contributed by atoms with Gasteiger partial charge in [-0.3, -0.25) is 4.79 Å². The molecule has 0 atom stereocenters. The summed E-state index contributed by atoms with van der Waals surface area (Å²) in [5.74, 6) is -0.622. The van der Waals surface area contributed by atoms with Crippen molar-refractivity contribution in [3.05, 3.63) is 51.6 Å². The molecule has 0 radical (unpaired) electrons. The molecule has 0 spiro atoms. The van der Waals surface area contributed by atoms with Crippen molar-refractivity contribution >= 4 is 43.2 Å². The van der Waals surface area contributed by atoms with E-state index in [2.05, 4.69) is 21.2 Å². The first-order valence-electron chi connectivity index (χ1n) is 8.13. The molecule has 1 N–H and O–H groups in total. The summed E-state index contributed by atoms with van der Waals surface area (Å²) < 4.78 is 40.5. The lowest BCUT2D eigenvalue weighted by atomic mass is 9.97. The van der Waals surface area contributed by atoms with Crippen molar-refractivity contribution in [1.82, 2.24) is 9.62 Å². The van der Waals surface area contributed by atoms with Gasteiger partial charge in [-0.1, -0.05) is 12.1 Å². The number of carbonyl (C=O) groups is 1. The topological polar surface area (TPSA) is 66.5 Å². The van der Waals surface area contributed by atoms with Gasteiger partial charge in [-0.25, -0.2) is 12.8 Å². The van der Waals surface area contributed by atoms with Gasteiger partial charge in [0.2, 0.25) is 5.91 Å². The fraction of sp³-hybridized carbons (Fsp3) is 0.353. The van der Waals surface area contributed by atoms with Gasteiger partial charge in [-0.2, -0.15) is 4.31 Å². The highest BCUT2D eigenvalue weighted by Gasteiger charge is 2.33. The number of hydrogen-bond acceptors (Lipinski definition) is 4. The highest BCUT2D eigenvalue weighted by Crippen LogP contribution is 2.32. The second-order valence-corrected chi connectivity index (χ2v) is 9.98. The van der Waals surface area contributed by atoms with Gasteiger partial charge < -0.3 is 5.32 Å². The van der Waals surface area contributed by atoms with Gasteiger partial charge >= 0.3 is 0 Å². The van der Waals surface area contributed by atoms with E-state index in [1.807, 2.05) is 0 Å². The van der Waals surface area contributed by atoms with E-state index in [-0.39, 0.29) is 17.6 Å². The van der Waals surface area contributed by atoms with Crippen LogP contribution in [0.5, 0.6) is 0 Å². The zero-order chi connectivity index (χ0) is 18.7.